The lowest BCUT2D eigenvalue weighted by atomic mass is 9.95. The Morgan fingerprint density at radius 3 is 2.23 bits per heavy atom. The molecule has 0 unspecified atom stereocenters. The van der Waals surface area contributed by atoms with E-state index in [9.17, 15) is 19.5 Å². The van der Waals surface area contributed by atoms with Crippen LogP contribution in [-0.2, 0) is 14.4 Å². The summed E-state index contributed by atoms with van der Waals surface area (Å²) in [5.41, 5.74) is 1.26. The van der Waals surface area contributed by atoms with Crippen LogP contribution in [0.15, 0.2) is 64.6 Å². The Bertz CT molecular complexity index is 969. The van der Waals surface area contributed by atoms with E-state index in [1.807, 2.05) is 24.3 Å². The molecule has 2 N–H and O–H groups in total. The van der Waals surface area contributed by atoms with Crippen molar-refractivity contribution in [2.45, 2.75) is 31.7 Å². The van der Waals surface area contributed by atoms with E-state index in [0.717, 1.165) is 10.0 Å². The summed E-state index contributed by atoms with van der Waals surface area (Å²) >= 11 is 3.39. The SMILES string of the molecule is O=C(O)CCCCCN1C(=O)C(=O)C(=C(O)c2ccccc2)[C@@H]1c1ccc(Br)cc1. The second-order valence-electron chi connectivity index (χ2n) is 7.11. The second kappa shape index (κ2) is 9.71. The summed E-state index contributed by atoms with van der Waals surface area (Å²) in [5.74, 6) is -2.42. The molecule has 30 heavy (non-hydrogen) atoms. The lowest BCUT2D eigenvalue weighted by molar-refractivity contribution is -0.140. The second-order valence-corrected chi connectivity index (χ2v) is 8.03. The minimum Gasteiger partial charge on any atom is -0.507 e. The number of hydrogen-bond donors (Lipinski definition) is 2. The number of carboxylic acids is 1. The number of aliphatic hydroxyl groups excluding tert-OH is 1. The highest BCUT2D eigenvalue weighted by molar-refractivity contribution is 9.10. The molecule has 1 saturated heterocycles. The first kappa shape index (κ1) is 21.8. The fourth-order valence-electron chi connectivity index (χ4n) is 3.59. The van der Waals surface area contributed by atoms with E-state index < -0.39 is 23.7 Å². The van der Waals surface area contributed by atoms with Crippen molar-refractivity contribution in [1.29, 1.82) is 0 Å². The molecule has 1 fully saturated rings. The van der Waals surface area contributed by atoms with Gasteiger partial charge in [0.05, 0.1) is 11.6 Å². The van der Waals surface area contributed by atoms with E-state index in [0.29, 0.717) is 31.4 Å². The van der Waals surface area contributed by atoms with Gasteiger partial charge in [0.25, 0.3) is 11.7 Å². The van der Waals surface area contributed by atoms with Crippen molar-refractivity contribution < 1.29 is 24.6 Å². The molecule has 1 amide bonds. The van der Waals surface area contributed by atoms with Crippen LogP contribution >= 0.6 is 15.9 Å². The molecule has 0 bridgehead atoms. The van der Waals surface area contributed by atoms with Crippen molar-refractivity contribution in [2.24, 2.45) is 0 Å². The lowest BCUT2D eigenvalue weighted by Crippen LogP contribution is -2.30. The van der Waals surface area contributed by atoms with Crippen molar-refractivity contribution in [1.82, 2.24) is 4.90 Å². The van der Waals surface area contributed by atoms with Gasteiger partial charge in [-0.15, -0.1) is 0 Å². The average molecular weight is 472 g/mol. The molecule has 6 nitrogen and oxygen atoms in total. The van der Waals surface area contributed by atoms with Gasteiger partial charge in [0.15, 0.2) is 0 Å². The van der Waals surface area contributed by atoms with E-state index in [2.05, 4.69) is 15.9 Å². The van der Waals surface area contributed by atoms with Crippen LogP contribution in [0.25, 0.3) is 5.76 Å². The highest BCUT2D eigenvalue weighted by Gasteiger charge is 2.45. The molecule has 0 aromatic heterocycles. The predicted molar refractivity (Wildman–Crippen MR) is 116 cm³/mol. The number of benzene rings is 2. The van der Waals surface area contributed by atoms with Gasteiger partial charge in [0.1, 0.15) is 5.76 Å². The summed E-state index contributed by atoms with van der Waals surface area (Å²) < 4.78 is 0.861. The van der Waals surface area contributed by atoms with Crippen molar-refractivity contribution >= 4 is 39.3 Å². The quantitative estimate of drug-likeness (QED) is 0.255. The van der Waals surface area contributed by atoms with Crippen molar-refractivity contribution in [3.8, 4) is 0 Å². The molecule has 2 aromatic carbocycles. The molecule has 0 radical (unpaired) electrons. The summed E-state index contributed by atoms with van der Waals surface area (Å²) in [6, 6.07) is 15.3. The first-order valence-electron chi connectivity index (χ1n) is 9.71. The lowest BCUT2D eigenvalue weighted by Gasteiger charge is -2.25. The van der Waals surface area contributed by atoms with E-state index in [-0.39, 0.29) is 17.8 Å². The van der Waals surface area contributed by atoms with Gasteiger partial charge in [-0.1, -0.05) is 64.8 Å². The number of rotatable bonds is 8. The van der Waals surface area contributed by atoms with E-state index in [1.54, 1.807) is 30.3 Å². The number of carboxylic acid groups (broad SMARTS) is 1. The number of aliphatic hydroxyl groups is 1. The number of amides is 1. The summed E-state index contributed by atoms with van der Waals surface area (Å²) in [6.45, 7) is 0.302. The number of halogens is 1. The first-order valence-corrected chi connectivity index (χ1v) is 10.5. The van der Waals surface area contributed by atoms with Crippen LogP contribution in [0.1, 0.15) is 42.9 Å². The molecule has 0 aliphatic carbocycles. The minimum atomic E-state index is -0.854. The van der Waals surface area contributed by atoms with Gasteiger partial charge in [-0.05, 0) is 30.5 Å². The maximum Gasteiger partial charge on any atom is 0.303 e. The van der Waals surface area contributed by atoms with Crippen molar-refractivity contribution in [2.75, 3.05) is 6.54 Å². The Balaban J connectivity index is 1.95. The molecule has 0 spiro atoms. The third kappa shape index (κ3) is 4.79. The maximum atomic E-state index is 12.9. The molecule has 7 heteroatoms. The molecular weight excluding hydrogens is 450 g/mol. The number of ketones is 1. The van der Waals surface area contributed by atoms with Crippen LogP contribution in [0.4, 0.5) is 0 Å². The summed E-state index contributed by atoms with van der Waals surface area (Å²) in [7, 11) is 0. The largest absolute Gasteiger partial charge is 0.507 e. The van der Waals surface area contributed by atoms with Crippen molar-refractivity contribution in [3.05, 3.63) is 75.8 Å². The number of likely N-dealkylation sites (tertiary alicyclic amines) is 1. The fourth-order valence-corrected chi connectivity index (χ4v) is 3.85. The number of Topliss-reactive ketones (excluding diaryl/α,β-unsaturated/α-hetero) is 1. The highest BCUT2D eigenvalue weighted by Crippen LogP contribution is 2.39. The van der Waals surface area contributed by atoms with E-state index in [4.69, 9.17) is 5.11 Å². The molecule has 1 atom stereocenters. The normalized spacial score (nSPS) is 18.0. The zero-order valence-corrected chi connectivity index (χ0v) is 17.8. The molecule has 0 saturated carbocycles. The molecule has 1 aliphatic rings. The van der Waals surface area contributed by atoms with Crippen molar-refractivity contribution in [3.63, 3.8) is 0 Å². The number of hydrogen-bond acceptors (Lipinski definition) is 4. The smallest absolute Gasteiger partial charge is 0.303 e. The topological polar surface area (TPSA) is 94.9 Å². The van der Waals surface area contributed by atoms with Crippen LogP contribution in [0, 0.1) is 0 Å². The third-order valence-corrected chi connectivity index (χ3v) is 5.59. The van der Waals surface area contributed by atoms with E-state index in [1.165, 1.54) is 4.90 Å². The highest BCUT2D eigenvalue weighted by atomic mass is 79.9. The Morgan fingerprint density at radius 2 is 1.60 bits per heavy atom. The summed E-state index contributed by atoms with van der Waals surface area (Å²) in [5, 5.41) is 19.7. The van der Waals surface area contributed by atoms with Gasteiger partial charge < -0.3 is 15.1 Å². The number of aliphatic carboxylic acids is 1. The fraction of sp³-hybridized carbons (Fsp3) is 0.261. The van der Waals surface area contributed by atoms with Gasteiger partial charge in [-0.25, -0.2) is 0 Å². The van der Waals surface area contributed by atoms with Crippen LogP contribution < -0.4 is 0 Å². The molecule has 1 aliphatic heterocycles. The molecule has 3 rings (SSSR count). The Hall–Kier alpha value is -2.93. The Morgan fingerprint density at radius 1 is 0.933 bits per heavy atom. The minimum absolute atomic E-state index is 0.0686. The first-order chi connectivity index (χ1) is 14.4. The van der Waals surface area contributed by atoms with Gasteiger partial charge >= 0.3 is 5.97 Å². The summed E-state index contributed by atoms with van der Waals surface area (Å²) in [6.07, 6.45) is 1.77. The zero-order chi connectivity index (χ0) is 21.7. The molecule has 1 heterocycles. The molecular formula is C23H22BrNO5. The monoisotopic (exact) mass is 471 g/mol. The Kier molecular flexibility index (Phi) is 7.05. The molecule has 156 valence electrons. The molecule has 2 aromatic rings. The van der Waals surface area contributed by atoms with Crippen LogP contribution in [0.3, 0.4) is 0 Å². The average Bonchev–Trinajstić information content (AvgIpc) is 2.99. The number of nitrogens with zero attached hydrogens (tertiary/aromatic N) is 1. The van der Waals surface area contributed by atoms with Gasteiger partial charge in [-0.2, -0.15) is 0 Å². The summed E-state index contributed by atoms with van der Waals surface area (Å²) in [4.78, 5) is 37.8. The van der Waals surface area contributed by atoms with Crippen LogP contribution in [0.5, 0.6) is 0 Å². The predicted octanol–water partition coefficient (Wildman–Crippen LogP) is 4.52. The third-order valence-electron chi connectivity index (χ3n) is 5.06. The maximum absolute atomic E-state index is 12.9. The van der Waals surface area contributed by atoms with E-state index >= 15 is 0 Å². The van der Waals surface area contributed by atoms with Crippen LogP contribution in [0.2, 0.25) is 0 Å². The van der Waals surface area contributed by atoms with Gasteiger partial charge in [0, 0.05) is 23.0 Å². The number of unbranched alkanes of at least 4 members (excludes halogenated alkanes) is 2. The van der Waals surface area contributed by atoms with Gasteiger partial charge in [0.2, 0.25) is 0 Å². The standard InChI is InChI=1S/C23H22BrNO5/c24-17-12-10-15(11-13-17)20-19(21(28)16-7-3-1-4-8-16)22(29)23(30)25(20)14-6-2-5-9-18(26)27/h1,3-4,7-8,10-13,20,28H,2,5-6,9,14H2,(H,26,27)/t20-/m0/s1. The Labute approximate surface area is 183 Å². The number of carbonyl (C=O) groups excluding carboxylic acids is 2. The van der Waals surface area contributed by atoms with Crippen LogP contribution in [-0.4, -0.2) is 39.3 Å². The number of carbonyl (C=O) groups is 3. The zero-order valence-electron chi connectivity index (χ0n) is 16.3. The van der Waals surface area contributed by atoms with Gasteiger partial charge in [-0.3, -0.25) is 14.4 Å².